The van der Waals surface area contributed by atoms with Gasteiger partial charge in [-0.15, -0.1) is 10.2 Å². The molecule has 0 bridgehead atoms. The Morgan fingerprint density at radius 3 is 2.71 bits per heavy atom. The van der Waals surface area contributed by atoms with Crippen LogP contribution in [0, 0.1) is 0 Å². The zero-order chi connectivity index (χ0) is 16.5. The van der Waals surface area contributed by atoms with Crippen LogP contribution in [0.5, 0.6) is 0 Å². The van der Waals surface area contributed by atoms with Crippen LogP contribution in [0.15, 0.2) is 59.3 Å². The molecule has 0 unspecified atom stereocenters. The molecule has 4 aromatic rings. The van der Waals surface area contributed by atoms with Crippen molar-refractivity contribution in [2.75, 3.05) is 0 Å². The van der Waals surface area contributed by atoms with Crippen LogP contribution in [0.2, 0.25) is 0 Å². The van der Waals surface area contributed by atoms with Crippen LogP contribution in [-0.2, 0) is 6.54 Å². The summed E-state index contributed by atoms with van der Waals surface area (Å²) in [5.74, 6) is 1.42. The van der Waals surface area contributed by atoms with Gasteiger partial charge in [-0.1, -0.05) is 38.1 Å². The molecule has 0 fully saturated rings. The molecule has 3 heterocycles. The summed E-state index contributed by atoms with van der Waals surface area (Å²) in [7, 11) is 0. The second kappa shape index (κ2) is 5.92. The maximum Gasteiger partial charge on any atom is 0.264 e. The standard InChI is InChI=1S/C19H18N4O/c1-13(2)18-21-22-19(24-18)17-10-15-7-3-4-8-16(15)23(17)12-14-6-5-9-20-11-14/h3-11,13H,12H2,1-2H3. The molecular weight excluding hydrogens is 300 g/mol. The highest BCUT2D eigenvalue weighted by atomic mass is 16.4. The van der Waals surface area contributed by atoms with E-state index in [9.17, 15) is 0 Å². The van der Waals surface area contributed by atoms with Gasteiger partial charge >= 0.3 is 0 Å². The first-order valence-electron chi connectivity index (χ1n) is 8.03. The Kier molecular flexibility index (Phi) is 3.61. The molecule has 5 heteroatoms. The van der Waals surface area contributed by atoms with E-state index in [2.05, 4.69) is 44.0 Å². The molecule has 0 radical (unpaired) electrons. The molecular formula is C19H18N4O. The van der Waals surface area contributed by atoms with E-state index in [0.717, 1.165) is 22.2 Å². The lowest BCUT2D eigenvalue weighted by Crippen LogP contribution is -2.02. The van der Waals surface area contributed by atoms with Crippen LogP contribution in [0.4, 0.5) is 0 Å². The Hall–Kier alpha value is -2.95. The van der Waals surface area contributed by atoms with Crippen LogP contribution in [-0.4, -0.2) is 19.7 Å². The number of nitrogens with zero attached hydrogens (tertiary/aromatic N) is 4. The fourth-order valence-corrected chi connectivity index (χ4v) is 2.80. The number of para-hydroxylation sites is 1. The van der Waals surface area contributed by atoms with Crippen molar-refractivity contribution in [1.82, 2.24) is 19.7 Å². The summed E-state index contributed by atoms with van der Waals surface area (Å²) in [5.41, 5.74) is 3.20. The van der Waals surface area contributed by atoms with Gasteiger partial charge in [-0.25, -0.2) is 0 Å². The van der Waals surface area contributed by atoms with E-state index in [1.54, 1.807) is 6.20 Å². The van der Waals surface area contributed by atoms with Gasteiger partial charge in [0.15, 0.2) is 0 Å². The molecule has 4 rings (SSSR count). The lowest BCUT2D eigenvalue weighted by Gasteiger charge is -2.08. The summed E-state index contributed by atoms with van der Waals surface area (Å²) in [5, 5.41) is 9.57. The topological polar surface area (TPSA) is 56.7 Å². The summed E-state index contributed by atoms with van der Waals surface area (Å²) < 4.78 is 8.08. The first kappa shape index (κ1) is 14.6. The number of aromatic nitrogens is 4. The van der Waals surface area contributed by atoms with E-state index in [-0.39, 0.29) is 5.92 Å². The van der Waals surface area contributed by atoms with Gasteiger partial charge in [0.25, 0.3) is 5.89 Å². The number of hydrogen-bond acceptors (Lipinski definition) is 4. The van der Waals surface area contributed by atoms with E-state index in [0.29, 0.717) is 18.3 Å². The van der Waals surface area contributed by atoms with Crippen LogP contribution >= 0.6 is 0 Å². The monoisotopic (exact) mass is 318 g/mol. The summed E-state index contributed by atoms with van der Waals surface area (Å²) in [6, 6.07) is 14.4. The first-order valence-corrected chi connectivity index (χ1v) is 8.03. The van der Waals surface area contributed by atoms with E-state index < -0.39 is 0 Å². The maximum absolute atomic E-state index is 5.88. The largest absolute Gasteiger partial charge is 0.419 e. The fourth-order valence-electron chi connectivity index (χ4n) is 2.80. The Bertz CT molecular complexity index is 969. The maximum atomic E-state index is 5.88. The van der Waals surface area contributed by atoms with Gasteiger partial charge in [-0.3, -0.25) is 4.98 Å². The Morgan fingerprint density at radius 2 is 1.96 bits per heavy atom. The minimum absolute atomic E-state index is 0.211. The Balaban J connectivity index is 1.86. The highest BCUT2D eigenvalue weighted by molar-refractivity contribution is 5.85. The normalized spacial score (nSPS) is 11.5. The zero-order valence-electron chi connectivity index (χ0n) is 13.7. The average molecular weight is 318 g/mol. The quantitative estimate of drug-likeness (QED) is 0.564. The molecule has 0 saturated carbocycles. The molecule has 0 aliphatic carbocycles. The summed E-state index contributed by atoms with van der Waals surface area (Å²) in [6.07, 6.45) is 3.66. The summed E-state index contributed by atoms with van der Waals surface area (Å²) >= 11 is 0. The summed E-state index contributed by atoms with van der Waals surface area (Å²) in [4.78, 5) is 4.21. The van der Waals surface area contributed by atoms with Gasteiger partial charge in [-0.05, 0) is 23.8 Å². The summed E-state index contributed by atoms with van der Waals surface area (Å²) in [6.45, 7) is 4.79. The highest BCUT2D eigenvalue weighted by Crippen LogP contribution is 2.29. The molecule has 0 N–H and O–H groups in total. The molecule has 24 heavy (non-hydrogen) atoms. The number of fused-ring (bicyclic) bond motifs is 1. The van der Waals surface area contributed by atoms with Crippen molar-refractivity contribution < 1.29 is 4.42 Å². The lowest BCUT2D eigenvalue weighted by molar-refractivity contribution is 0.478. The van der Waals surface area contributed by atoms with Gasteiger partial charge in [0.2, 0.25) is 5.89 Å². The minimum atomic E-state index is 0.211. The van der Waals surface area contributed by atoms with Crippen LogP contribution in [0.25, 0.3) is 22.5 Å². The third-order valence-corrected chi connectivity index (χ3v) is 4.03. The van der Waals surface area contributed by atoms with E-state index >= 15 is 0 Å². The molecule has 0 spiro atoms. The van der Waals surface area contributed by atoms with Crippen LogP contribution in [0.3, 0.4) is 0 Å². The van der Waals surface area contributed by atoms with E-state index in [1.807, 2.05) is 38.2 Å². The average Bonchev–Trinajstić information content (AvgIpc) is 3.21. The van der Waals surface area contributed by atoms with Crippen molar-refractivity contribution in [2.24, 2.45) is 0 Å². The molecule has 0 aliphatic rings. The molecule has 120 valence electrons. The second-order valence-corrected chi connectivity index (χ2v) is 6.14. The van der Waals surface area contributed by atoms with Crippen LogP contribution in [0.1, 0.15) is 31.2 Å². The SMILES string of the molecule is CC(C)c1nnc(-c2cc3ccccc3n2Cc2cccnc2)o1. The molecule has 0 aliphatic heterocycles. The number of pyridine rings is 1. The molecule has 3 aromatic heterocycles. The lowest BCUT2D eigenvalue weighted by atomic mass is 10.2. The Morgan fingerprint density at radius 1 is 1.08 bits per heavy atom. The predicted octanol–water partition coefficient (Wildman–Crippen LogP) is 4.26. The van der Waals surface area contributed by atoms with Gasteiger partial charge in [0.05, 0.1) is 0 Å². The Labute approximate surface area is 140 Å². The number of rotatable bonds is 4. The van der Waals surface area contributed by atoms with Crippen molar-refractivity contribution >= 4 is 10.9 Å². The zero-order valence-corrected chi connectivity index (χ0v) is 13.7. The smallest absolute Gasteiger partial charge is 0.264 e. The van der Waals surface area contributed by atoms with Crippen LogP contribution < -0.4 is 0 Å². The first-order chi connectivity index (χ1) is 11.7. The minimum Gasteiger partial charge on any atom is -0.419 e. The molecule has 5 nitrogen and oxygen atoms in total. The molecule has 0 atom stereocenters. The van der Waals surface area contributed by atoms with Crippen molar-refractivity contribution in [3.63, 3.8) is 0 Å². The van der Waals surface area contributed by atoms with Gasteiger partial charge < -0.3 is 8.98 Å². The van der Waals surface area contributed by atoms with Gasteiger partial charge in [0, 0.05) is 35.8 Å². The second-order valence-electron chi connectivity index (χ2n) is 6.14. The van der Waals surface area contributed by atoms with Gasteiger partial charge in [-0.2, -0.15) is 0 Å². The highest BCUT2D eigenvalue weighted by Gasteiger charge is 2.17. The van der Waals surface area contributed by atoms with Crippen molar-refractivity contribution in [3.05, 3.63) is 66.3 Å². The molecule has 0 saturated heterocycles. The van der Waals surface area contributed by atoms with Gasteiger partial charge in [0.1, 0.15) is 5.69 Å². The van der Waals surface area contributed by atoms with Crippen molar-refractivity contribution in [3.8, 4) is 11.6 Å². The van der Waals surface area contributed by atoms with Crippen molar-refractivity contribution in [2.45, 2.75) is 26.3 Å². The van der Waals surface area contributed by atoms with Crippen molar-refractivity contribution in [1.29, 1.82) is 0 Å². The number of benzene rings is 1. The third kappa shape index (κ3) is 2.58. The molecule has 1 aromatic carbocycles. The van der Waals surface area contributed by atoms with E-state index in [4.69, 9.17) is 4.42 Å². The third-order valence-electron chi connectivity index (χ3n) is 4.03. The molecule has 0 amide bonds. The van der Waals surface area contributed by atoms with E-state index in [1.165, 1.54) is 0 Å². The predicted molar refractivity (Wildman–Crippen MR) is 92.7 cm³/mol. The fraction of sp³-hybridized carbons (Fsp3) is 0.211. The number of hydrogen-bond donors (Lipinski definition) is 0.